The number of ether oxygens (including phenoxy) is 1. The van der Waals surface area contributed by atoms with Gasteiger partial charge in [-0.3, -0.25) is 4.90 Å². The molecule has 2 bridgehead atoms. The minimum atomic E-state index is 0.568. The molecular weight excluding hydrogens is 138 g/mol. The predicted octanol–water partition coefficient (Wildman–Crippen LogP) is 1.12. The van der Waals surface area contributed by atoms with Crippen molar-refractivity contribution in [3.8, 4) is 0 Å². The summed E-state index contributed by atoms with van der Waals surface area (Å²) in [5, 5.41) is 0. The van der Waals surface area contributed by atoms with Gasteiger partial charge in [0.1, 0.15) is 0 Å². The van der Waals surface area contributed by atoms with E-state index in [1.54, 1.807) is 0 Å². The average Bonchev–Trinajstić information content (AvgIpc) is 2.45. The molecule has 0 aromatic rings. The quantitative estimate of drug-likeness (QED) is 0.592. The van der Waals surface area contributed by atoms with E-state index in [2.05, 4.69) is 18.7 Å². The van der Waals surface area contributed by atoms with E-state index in [-0.39, 0.29) is 0 Å². The molecule has 2 heteroatoms. The van der Waals surface area contributed by atoms with Gasteiger partial charge >= 0.3 is 0 Å². The van der Waals surface area contributed by atoms with Gasteiger partial charge in [0.25, 0.3) is 0 Å². The Kier molecular flexibility index (Phi) is 1.90. The summed E-state index contributed by atoms with van der Waals surface area (Å²) >= 11 is 0. The molecule has 2 heterocycles. The third kappa shape index (κ3) is 1.42. The molecular formula is C9H17NO. The van der Waals surface area contributed by atoms with Crippen LogP contribution in [-0.2, 0) is 4.74 Å². The summed E-state index contributed by atoms with van der Waals surface area (Å²) in [4.78, 5) is 2.58. The standard InChI is InChI=1S/C9H17NO/c1-7(2)4-10-5-9-3-8(10)6-11-9/h7-9H,3-6H2,1-2H3/t8-,9-/m0/s1. The van der Waals surface area contributed by atoms with E-state index in [4.69, 9.17) is 4.74 Å². The van der Waals surface area contributed by atoms with Crippen molar-refractivity contribution >= 4 is 0 Å². The number of morpholine rings is 1. The number of fused-ring (bicyclic) bond motifs is 2. The van der Waals surface area contributed by atoms with E-state index in [9.17, 15) is 0 Å². The number of nitrogens with zero attached hydrogens (tertiary/aromatic N) is 1. The van der Waals surface area contributed by atoms with Gasteiger partial charge in [-0.15, -0.1) is 0 Å². The van der Waals surface area contributed by atoms with Crippen molar-refractivity contribution in [2.45, 2.75) is 32.4 Å². The molecule has 2 atom stereocenters. The lowest BCUT2D eigenvalue weighted by Crippen LogP contribution is -2.39. The molecule has 0 aliphatic carbocycles. The van der Waals surface area contributed by atoms with Gasteiger partial charge in [0.05, 0.1) is 12.7 Å². The lowest BCUT2D eigenvalue weighted by molar-refractivity contribution is 0.0262. The SMILES string of the molecule is CC(C)CN1C[C@@H]2C[C@H]1CO2. The van der Waals surface area contributed by atoms with Gasteiger partial charge < -0.3 is 4.74 Å². The van der Waals surface area contributed by atoms with Crippen molar-refractivity contribution in [1.29, 1.82) is 0 Å². The molecule has 0 radical (unpaired) electrons. The molecule has 0 amide bonds. The highest BCUT2D eigenvalue weighted by Crippen LogP contribution is 2.27. The highest BCUT2D eigenvalue weighted by Gasteiger charge is 2.38. The van der Waals surface area contributed by atoms with Crippen LogP contribution in [0.25, 0.3) is 0 Å². The van der Waals surface area contributed by atoms with Crippen LogP contribution in [-0.4, -0.2) is 36.7 Å². The summed E-state index contributed by atoms with van der Waals surface area (Å²) in [5.74, 6) is 0.800. The topological polar surface area (TPSA) is 12.5 Å². The molecule has 64 valence electrons. The van der Waals surface area contributed by atoms with Gasteiger partial charge in [-0.2, -0.15) is 0 Å². The lowest BCUT2D eigenvalue weighted by atomic mass is 10.2. The summed E-state index contributed by atoms with van der Waals surface area (Å²) < 4.78 is 5.52. The second kappa shape index (κ2) is 2.76. The van der Waals surface area contributed by atoms with Crippen LogP contribution in [0.3, 0.4) is 0 Å². The molecule has 2 nitrogen and oxygen atoms in total. The second-order valence-electron chi connectivity index (χ2n) is 4.19. The zero-order chi connectivity index (χ0) is 7.84. The molecule has 0 aromatic heterocycles. The first kappa shape index (κ1) is 7.56. The van der Waals surface area contributed by atoms with Crippen LogP contribution in [0.2, 0.25) is 0 Å². The Bertz CT molecular complexity index is 146. The first-order valence-electron chi connectivity index (χ1n) is 4.61. The molecule has 2 aliphatic heterocycles. The maximum Gasteiger partial charge on any atom is 0.0718 e. The van der Waals surface area contributed by atoms with Gasteiger partial charge in [-0.25, -0.2) is 0 Å². The Labute approximate surface area is 68.5 Å². The fourth-order valence-electron chi connectivity index (χ4n) is 2.17. The number of likely N-dealkylation sites (tertiary alicyclic amines) is 1. The Morgan fingerprint density at radius 1 is 1.55 bits per heavy atom. The smallest absolute Gasteiger partial charge is 0.0718 e. The Morgan fingerprint density at radius 3 is 2.82 bits per heavy atom. The van der Waals surface area contributed by atoms with Crippen molar-refractivity contribution in [2.75, 3.05) is 19.7 Å². The highest BCUT2D eigenvalue weighted by molar-refractivity contribution is 4.91. The highest BCUT2D eigenvalue weighted by atomic mass is 16.5. The van der Waals surface area contributed by atoms with E-state index in [1.807, 2.05) is 0 Å². The number of rotatable bonds is 2. The van der Waals surface area contributed by atoms with Gasteiger partial charge in [-0.1, -0.05) is 13.8 Å². The Morgan fingerprint density at radius 2 is 2.36 bits per heavy atom. The van der Waals surface area contributed by atoms with Crippen LogP contribution < -0.4 is 0 Å². The van der Waals surface area contributed by atoms with Crippen LogP contribution in [0, 0.1) is 5.92 Å². The molecule has 2 aliphatic rings. The van der Waals surface area contributed by atoms with Crippen LogP contribution >= 0.6 is 0 Å². The third-order valence-electron chi connectivity index (χ3n) is 2.61. The molecule has 2 rings (SSSR count). The van der Waals surface area contributed by atoms with E-state index < -0.39 is 0 Å². The average molecular weight is 155 g/mol. The molecule has 0 N–H and O–H groups in total. The first-order valence-corrected chi connectivity index (χ1v) is 4.61. The largest absolute Gasteiger partial charge is 0.375 e. The molecule has 2 saturated heterocycles. The van der Waals surface area contributed by atoms with Gasteiger partial charge in [-0.05, 0) is 12.3 Å². The van der Waals surface area contributed by atoms with Crippen molar-refractivity contribution in [3.05, 3.63) is 0 Å². The van der Waals surface area contributed by atoms with E-state index >= 15 is 0 Å². The van der Waals surface area contributed by atoms with Gasteiger partial charge in [0, 0.05) is 19.1 Å². The summed E-state index contributed by atoms with van der Waals surface area (Å²) in [6.45, 7) is 7.99. The summed E-state index contributed by atoms with van der Waals surface area (Å²) in [5.41, 5.74) is 0. The molecule has 0 unspecified atom stereocenters. The fraction of sp³-hybridized carbons (Fsp3) is 1.00. The van der Waals surface area contributed by atoms with Gasteiger partial charge in [0.2, 0.25) is 0 Å². The minimum Gasteiger partial charge on any atom is -0.375 e. The molecule has 2 fully saturated rings. The van der Waals surface area contributed by atoms with Crippen molar-refractivity contribution in [1.82, 2.24) is 4.90 Å². The van der Waals surface area contributed by atoms with Crippen molar-refractivity contribution in [3.63, 3.8) is 0 Å². The van der Waals surface area contributed by atoms with Crippen LogP contribution in [0.4, 0.5) is 0 Å². The Balaban J connectivity index is 1.87. The van der Waals surface area contributed by atoms with Crippen molar-refractivity contribution in [2.24, 2.45) is 5.92 Å². The molecule has 11 heavy (non-hydrogen) atoms. The maximum absolute atomic E-state index is 5.52. The zero-order valence-electron chi connectivity index (χ0n) is 7.42. The predicted molar refractivity (Wildman–Crippen MR) is 44.6 cm³/mol. The summed E-state index contributed by atoms with van der Waals surface area (Å²) in [7, 11) is 0. The monoisotopic (exact) mass is 155 g/mol. The first-order chi connectivity index (χ1) is 5.25. The number of hydrogen-bond acceptors (Lipinski definition) is 2. The Hall–Kier alpha value is -0.0800. The molecule has 0 spiro atoms. The molecule has 0 saturated carbocycles. The number of hydrogen-bond donors (Lipinski definition) is 0. The third-order valence-corrected chi connectivity index (χ3v) is 2.61. The van der Waals surface area contributed by atoms with Crippen LogP contribution in [0.15, 0.2) is 0 Å². The fourth-order valence-corrected chi connectivity index (χ4v) is 2.17. The lowest BCUT2D eigenvalue weighted by Gasteiger charge is -2.27. The van der Waals surface area contributed by atoms with E-state index in [0.29, 0.717) is 6.10 Å². The van der Waals surface area contributed by atoms with E-state index in [0.717, 1.165) is 18.6 Å². The summed E-state index contributed by atoms with van der Waals surface area (Å²) in [6.07, 6.45) is 1.85. The van der Waals surface area contributed by atoms with Crippen molar-refractivity contribution < 1.29 is 4.74 Å². The van der Waals surface area contributed by atoms with Crippen LogP contribution in [0.5, 0.6) is 0 Å². The zero-order valence-corrected chi connectivity index (χ0v) is 7.42. The van der Waals surface area contributed by atoms with Gasteiger partial charge in [0.15, 0.2) is 0 Å². The van der Waals surface area contributed by atoms with Crippen LogP contribution in [0.1, 0.15) is 20.3 Å². The minimum absolute atomic E-state index is 0.568. The molecule has 0 aromatic carbocycles. The normalized spacial score (nSPS) is 37.4. The second-order valence-corrected chi connectivity index (χ2v) is 4.19. The maximum atomic E-state index is 5.52. The summed E-state index contributed by atoms with van der Waals surface area (Å²) in [6, 6.07) is 0.752. The van der Waals surface area contributed by atoms with E-state index in [1.165, 1.54) is 19.5 Å².